The monoisotopic (exact) mass is 282 g/mol. The first kappa shape index (κ1) is 14.8. The molecule has 1 unspecified atom stereocenters. The lowest BCUT2D eigenvalue weighted by Crippen LogP contribution is -2.45. The van der Waals surface area contributed by atoms with Gasteiger partial charge in [-0.05, 0) is 24.2 Å². The van der Waals surface area contributed by atoms with E-state index in [4.69, 9.17) is 9.94 Å². The number of likely N-dealkylation sites (tertiary alicyclic amines) is 1. The Morgan fingerprint density at radius 1 is 1.30 bits per heavy atom. The zero-order valence-electron chi connectivity index (χ0n) is 12.3. The van der Waals surface area contributed by atoms with Crippen molar-refractivity contribution in [1.29, 1.82) is 0 Å². The first-order valence-electron chi connectivity index (χ1n) is 7.04. The molecular formula is C14H22N2O4. The quantitative estimate of drug-likeness (QED) is 0.832. The number of hydrogen-bond donors (Lipinski definition) is 1. The van der Waals surface area contributed by atoms with Crippen molar-refractivity contribution in [3.63, 3.8) is 0 Å². The summed E-state index contributed by atoms with van der Waals surface area (Å²) in [6.45, 7) is 8.10. The molecule has 112 valence electrons. The van der Waals surface area contributed by atoms with E-state index in [1.165, 1.54) is 0 Å². The Kier molecular flexibility index (Phi) is 4.01. The largest absolute Gasteiger partial charge is 0.477 e. The predicted octanol–water partition coefficient (Wildman–Crippen LogP) is 1.50. The number of oxime groups is 1. The van der Waals surface area contributed by atoms with Crippen molar-refractivity contribution >= 4 is 17.6 Å². The molecule has 0 saturated carbocycles. The predicted molar refractivity (Wildman–Crippen MR) is 73.3 cm³/mol. The van der Waals surface area contributed by atoms with Gasteiger partial charge in [0.1, 0.15) is 0 Å². The van der Waals surface area contributed by atoms with E-state index in [-0.39, 0.29) is 23.5 Å². The van der Waals surface area contributed by atoms with Gasteiger partial charge in [-0.1, -0.05) is 25.9 Å². The van der Waals surface area contributed by atoms with Gasteiger partial charge >= 0.3 is 5.97 Å². The molecule has 2 rings (SSSR count). The van der Waals surface area contributed by atoms with Crippen LogP contribution >= 0.6 is 0 Å². The lowest BCUT2D eigenvalue weighted by Gasteiger charge is -2.39. The molecule has 0 aliphatic carbocycles. The fraction of sp³-hybridized carbons (Fsp3) is 0.786. The molecule has 0 aromatic rings. The minimum atomic E-state index is -1.12. The Morgan fingerprint density at radius 2 is 1.90 bits per heavy atom. The minimum absolute atomic E-state index is 0.0629. The molecule has 1 atom stereocenters. The first-order valence-corrected chi connectivity index (χ1v) is 7.04. The maximum Gasteiger partial charge on any atom is 0.353 e. The molecule has 1 N–H and O–H groups in total. The zero-order valence-corrected chi connectivity index (χ0v) is 12.3. The van der Waals surface area contributed by atoms with Crippen molar-refractivity contribution in [2.75, 3.05) is 13.1 Å². The molecule has 0 aromatic heterocycles. The van der Waals surface area contributed by atoms with Crippen LogP contribution in [0, 0.1) is 11.3 Å². The van der Waals surface area contributed by atoms with Crippen molar-refractivity contribution in [2.45, 2.75) is 46.1 Å². The third kappa shape index (κ3) is 3.11. The second-order valence-electron chi connectivity index (χ2n) is 6.61. The summed E-state index contributed by atoms with van der Waals surface area (Å²) in [6.07, 6.45) is 1.27. The highest BCUT2D eigenvalue weighted by Gasteiger charge is 2.37. The van der Waals surface area contributed by atoms with E-state index in [2.05, 4.69) is 25.9 Å². The van der Waals surface area contributed by atoms with Crippen LogP contribution < -0.4 is 0 Å². The molecule has 0 aromatic carbocycles. The Labute approximate surface area is 118 Å². The number of carboxylic acid groups (broad SMARTS) is 1. The van der Waals surface area contributed by atoms with Crippen LogP contribution in [0.1, 0.15) is 40.0 Å². The topological polar surface area (TPSA) is 79.2 Å². The first-order chi connectivity index (χ1) is 9.29. The Morgan fingerprint density at radius 3 is 2.35 bits per heavy atom. The van der Waals surface area contributed by atoms with Crippen molar-refractivity contribution in [3.05, 3.63) is 0 Å². The number of hydrogen-bond acceptors (Lipinski definition) is 4. The molecule has 2 aliphatic rings. The lowest BCUT2D eigenvalue weighted by atomic mass is 9.75. The summed E-state index contributed by atoms with van der Waals surface area (Å²) in [5.41, 5.74) is 0.186. The summed E-state index contributed by atoms with van der Waals surface area (Å²) in [5.74, 6) is -0.647. The van der Waals surface area contributed by atoms with Crippen LogP contribution in [-0.2, 0) is 14.4 Å². The van der Waals surface area contributed by atoms with Gasteiger partial charge in [-0.15, -0.1) is 0 Å². The molecule has 1 saturated heterocycles. The normalized spacial score (nSPS) is 24.2. The van der Waals surface area contributed by atoms with Gasteiger partial charge in [0.05, 0.1) is 0 Å². The van der Waals surface area contributed by atoms with Gasteiger partial charge in [0, 0.05) is 19.5 Å². The van der Waals surface area contributed by atoms with Gasteiger partial charge in [-0.3, -0.25) is 4.79 Å². The van der Waals surface area contributed by atoms with Gasteiger partial charge in [0.15, 0.2) is 5.71 Å². The number of carbonyl (C=O) groups excluding carboxylic acids is 1. The highest BCUT2D eigenvalue weighted by atomic mass is 16.6. The Hall–Kier alpha value is -1.59. The number of amides is 1. The molecule has 6 nitrogen and oxygen atoms in total. The number of nitrogens with zero attached hydrogens (tertiary/aromatic N) is 2. The molecule has 2 heterocycles. The second kappa shape index (κ2) is 5.42. The number of aliphatic carboxylic acids is 1. The fourth-order valence-electron chi connectivity index (χ4n) is 2.81. The van der Waals surface area contributed by atoms with E-state index < -0.39 is 12.1 Å². The van der Waals surface area contributed by atoms with E-state index in [0.717, 1.165) is 12.8 Å². The molecule has 6 heteroatoms. The number of carbonyl (C=O) groups is 2. The summed E-state index contributed by atoms with van der Waals surface area (Å²) in [7, 11) is 0. The standard InChI is InChI=1S/C14H22N2O4/c1-14(2,3)9-4-6-16(7-5-9)12(17)11-8-10(13(18)19)15-20-11/h9,11H,4-8H2,1-3H3,(H,18,19). The van der Waals surface area contributed by atoms with E-state index in [0.29, 0.717) is 19.0 Å². The summed E-state index contributed by atoms with van der Waals surface area (Å²) in [6, 6.07) is 0. The van der Waals surface area contributed by atoms with Gasteiger partial charge in [-0.2, -0.15) is 0 Å². The van der Waals surface area contributed by atoms with Crippen molar-refractivity contribution in [1.82, 2.24) is 4.90 Å². The van der Waals surface area contributed by atoms with E-state index in [1.807, 2.05) is 0 Å². The molecule has 20 heavy (non-hydrogen) atoms. The Balaban J connectivity index is 1.86. The lowest BCUT2D eigenvalue weighted by molar-refractivity contribution is -0.144. The zero-order chi connectivity index (χ0) is 14.9. The van der Waals surface area contributed by atoms with Crippen LogP contribution in [0.15, 0.2) is 5.16 Å². The number of carboxylic acids is 1. The molecular weight excluding hydrogens is 260 g/mol. The average molecular weight is 282 g/mol. The van der Waals surface area contributed by atoms with Crippen molar-refractivity contribution in [2.24, 2.45) is 16.5 Å². The van der Waals surface area contributed by atoms with E-state index in [1.54, 1.807) is 4.90 Å². The van der Waals surface area contributed by atoms with Crippen molar-refractivity contribution < 1.29 is 19.5 Å². The molecule has 2 aliphatic heterocycles. The van der Waals surface area contributed by atoms with E-state index >= 15 is 0 Å². The van der Waals surface area contributed by atoms with Gasteiger partial charge < -0.3 is 14.8 Å². The highest BCUT2D eigenvalue weighted by Crippen LogP contribution is 2.34. The molecule has 0 radical (unpaired) electrons. The van der Waals surface area contributed by atoms with Crippen LogP contribution in [0.25, 0.3) is 0 Å². The SMILES string of the molecule is CC(C)(C)C1CCN(C(=O)C2CC(C(=O)O)=NO2)CC1. The maximum atomic E-state index is 12.3. The molecule has 1 amide bonds. The van der Waals surface area contributed by atoms with Crippen LogP contribution in [0.3, 0.4) is 0 Å². The third-order valence-corrected chi connectivity index (χ3v) is 4.22. The third-order valence-electron chi connectivity index (χ3n) is 4.22. The minimum Gasteiger partial charge on any atom is -0.477 e. The number of rotatable bonds is 2. The molecule has 1 fully saturated rings. The summed E-state index contributed by atoms with van der Waals surface area (Å²) in [4.78, 5) is 29.7. The van der Waals surface area contributed by atoms with Crippen LogP contribution in [0.5, 0.6) is 0 Å². The Bertz CT molecular complexity index is 431. The fourth-order valence-corrected chi connectivity index (χ4v) is 2.81. The summed E-state index contributed by atoms with van der Waals surface area (Å²) in [5, 5.41) is 12.3. The smallest absolute Gasteiger partial charge is 0.353 e. The second-order valence-corrected chi connectivity index (χ2v) is 6.61. The van der Waals surface area contributed by atoms with Gasteiger partial charge in [0.25, 0.3) is 5.91 Å². The van der Waals surface area contributed by atoms with Gasteiger partial charge in [-0.25, -0.2) is 4.79 Å². The van der Waals surface area contributed by atoms with Crippen molar-refractivity contribution in [3.8, 4) is 0 Å². The molecule has 0 bridgehead atoms. The molecule has 0 spiro atoms. The highest BCUT2D eigenvalue weighted by molar-refractivity contribution is 6.36. The van der Waals surface area contributed by atoms with Gasteiger partial charge in [0.2, 0.25) is 6.10 Å². The summed E-state index contributed by atoms with van der Waals surface area (Å²) >= 11 is 0. The summed E-state index contributed by atoms with van der Waals surface area (Å²) < 4.78 is 0. The maximum absolute atomic E-state index is 12.3. The number of piperidine rings is 1. The van der Waals surface area contributed by atoms with Crippen LogP contribution in [0.4, 0.5) is 0 Å². The van der Waals surface area contributed by atoms with Crippen LogP contribution in [0.2, 0.25) is 0 Å². The van der Waals surface area contributed by atoms with E-state index in [9.17, 15) is 9.59 Å². The average Bonchev–Trinajstić information content (AvgIpc) is 2.86. The van der Waals surface area contributed by atoms with Crippen LogP contribution in [-0.4, -0.2) is 46.8 Å².